The summed E-state index contributed by atoms with van der Waals surface area (Å²) >= 11 is 0. The maximum Gasteiger partial charge on any atom is 0.213 e. The van der Waals surface area contributed by atoms with Crippen molar-refractivity contribution in [3.63, 3.8) is 0 Å². The van der Waals surface area contributed by atoms with Gasteiger partial charge in [-0.1, -0.05) is 18.2 Å². The molecule has 0 heterocycles. The van der Waals surface area contributed by atoms with Gasteiger partial charge < -0.3 is 9.64 Å². The van der Waals surface area contributed by atoms with Crippen molar-refractivity contribution in [2.24, 2.45) is 0 Å². The summed E-state index contributed by atoms with van der Waals surface area (Å²) in [5.74, 6) is 1.09. The first-order valence-corrected chi connectivity index (χ1v) is 9.11. The lowest BCUT2D eigenvalue weighted by atomic mass is 10.1. The van der Waals surface area contributed by atoms with Gasteiger partial charge in [-0.2, -0.15) is 0 Å². The second kappa shape index (κ2) is 8.50. The first kappa shape index (κ1) is 18.9. The molecule has 0 amide bonds. The Hall–Kier alpha value is -1.11. The summed E-state index contributed by atoms with van der Waals surface area (Å²) in [6.07, 6.45) is 1.51. The molecule has 0 saturated heterocycles. The van der Waals surface area contributed by atoms with Crippen molar-refractivity contribution in [1.29, 1.82) is 0 Å². The number of ether oxygens (including phenoxy) is 1. The van der Waals surface area contributed by atoms with Gasteiger partial charge in [0.25, 0.3) is 0 Å². The van der Waals surface area contributed by atoms with Crippen LogP contribution in [0.25, 0.3) is 0 Å². The molecule has 0 spiro atoms. The number of sulfonamides is 1. The van der Waals surface area contributed by atoms with Gasteiger partial charge in [-0.25, -0.2) is 12.7 Å². The summed E-state index contributed by atoms with van der Waals surface area (Å²) in [6.45, 7) is 2.90. The van der Waals surface area contributed by atoms with Crippen molar-refractivity contribution in [2.45, 2.75) is 25.8 Å². The highest BCUT2D eigenvalue weighted by molar-refractivity contribution is 7.89. The van der Waals surface area contributed by atoms with Crippen molar-refractivity contribution in [3.05, 3.63) is 29.8 Å². The highest BCUT2D eigenvalue weighted by atomic mass is 32.2. The first-order chi connectivity index (χ1) is 10.3. The Kier molecular flexibility index (Phi) is 7.32. The fourth-order valence-electron chi connectivity index (χ4n) is 2.25. The molecule has 0 aliphatic rings. The minimum atomic E-state index is -3.10. The minimum Gasteiger partial charge on any atom is -0.496 e. The van der Waals surface area contributed by atoms with Crippen molar-refractivity contribution >= 4 is 10.0 Å². The Morgan fingerprint density at radius 2 is 1.82 bits per heavy atom. The van der Waals surface area contributed by atoms with Gasteiger partial charge in [-0.05, 0) is 45.0 Å². The Morgan fingerprint density at radius 1 is 1.18 bits per heavy atom. The zero-order chi connectivity index (χ0) is 16.8. The van der Waals surface area contributed by atoms with Crippen LogP contribution >= 0.6 is 0 Å². The molecule has 6 heteroatoms. The number of benzene rings is 1. The summed E-state index contributed by atoms with van der Waals surface area (Å²) in [7, 11) is 3.75. The van der Waals surface area contributed by atoms with Gasteiger partial charge in [0.15, 0.2) is 0 Å². The maximum atomic E-state index is 11.7. The largest absolute Gasteiger partial charge is 0.496 e. The highest BCUT2D eigenvalue weighted by Crippen LogP contribution is 2.20. The van der Waals surface area contributed by atoms with E-state index in [0.29, 0.717) is 12.5 Å². The molecule has 1 aromatic rings. The second-order valence-corrected chi connectivity index (χ2v) is 8.10. The van der Waals surface area contributed by atoms with E-state index in [4.69, 9.17) is 4.74 Å². The maximum absolute atomic E-state index is 11.7. The molecule has 0 N–H and O–H groups in total. The van der Waals surface area contributed by atoms with E-state index >= 15 is 0 Å². The molecule has 5 nitrogen and oxygen atoms in total. The molecule has 22 heavy (non-hydrogen) atoms. The Morgan fingerprint density at radius 3 is 2.41 bits per heavy atom. The number of hydrogen-bond donors (Lipinski definition) is 0. The molecule has 1 atom stereocenters. The third kappa shape index (κ3) is 5.59. The van der Waals surface area contributed by atoms with Crippen LogP contribution in [0.5, 0.6) is 5.75 Å². The summed E-state index contributed by atoms with van der Waals surface area (Å²) in [6, 6.07) is 8.32. The van der Waals surface area contributed by atoms with Crippen LogP contribution in [0, 0.1) is 0 Å². The van der Waals surface area contributed by atoms with E-state index in [1.807, 2.05) is 25.2 Å². The average molecular weight is 328 g/mol. The van der Waals surface area contributed by atoms with Gasteiger partial charge in [-0.3, -0.25) is 0 Å². The van der Waals surface area contributed by atoms with Crippen LogP contribution in [0.3, 0.4) is 0 Å². The molecule has 126 valence electrons. The Labute approximate surface area is 134 Å². The third-order valence-electron chi connectivity index (χ3n) is 3.93. The van der Waals surface area contributed by atoms with Crippen LogP contribution in [0.4, 0.5) is 0 Å². The van der Waals surface area contributed by atoms with E-state index in [1.165, 1.54) is 9.87 Å². The van der Waals surface area contributed by atoms with Crippen molar-refractivity contribution in [1.82, 2.24) is 9.21 Å². The number of rotatable bonds is 9. The predicted molar refractivity (Wildman–Crippen MR) is 90.9 cm³/mol. The van der Waals surface area contributed by atoms with E-state index in [-0.39, 0.29) is 5.75 Å². The number of hydrogen-bond acceptors (Lipinski definition) is 4. The number of likely N-dealkylation sites (N-methyl/N-ethyl adjacent to an activating group) is 1. The number of para-hydroxylation sites is 1. The van der Waals surface area contributed by atoms with Gasteiger partial charge in [0.05, 0.1) is 12.9 Å². The number of nitrogens with zero attached hydrogens (tertiary/aromatic N) is 2. The van der Waals surface area contributed by atoms with Crippen LogP contribution < -0.4 is 4.74 Å². The second-order valence-electron chi connectivity index (χ2n) is 5.80. The Balaban J connectivity index is 2.50. The summed E-state index contributed by atoms with van der Waals surface area (Å²) < 4.78 is 30.2. The first-order valence-electron chi connectivity index (χ1n) is 7.50. The topological polar surface area (TPSA) is 49.9 Å². The van der Waals surface area contributed by atoms with Gasteiger partial charge in [0.2, 0.25) is 10.0 Å². The standard InChI is InChI=1S/C16H28N2O3S/c1-14(13-15-9-6-7-10-16(15)21-5)18(4)11-8-12-22(19,20)17(2)3/h6-7,9-10,14H,8,11-13H2,1-5H3. The van der Waals surface area contributed by atoms with Gasteiger partial charge in [0, 0.05) is 20.1 Å². The molecule has 1 aromatic carbocycles. The van der Waals surface area contributed by atoms with Crippen LogP contribution in [0.15, 0.2) is 24.3 Å². The van der Waals surface area contributed by atoms with Gasteiger partial charge in [-0.15, -0.1) is 0 Å². The molecule has 0 radical (unpaired) electrons. The lowest BCUT2D eigenvalue weighted by molar-refractivity contribution is 0.255. The molecule has 0 aromatic heterocycles. The van der Waals surface area contributed by atoms with Crippen molar-refractivity contribution in [3.8, 4) is 5.75 Å². The smallest absolute Gasteiger partial charge is 0.213 e. The van der Waals surface area contributed by atoms with Gasteiger partial charge >= 0.3 is 0 Å². The van der Waals surface area contributed by atoms with E-state index < -0.39 is 10.0 Å². The molecule has 0 bridgehead atoms. The Bertz CT molecular complexity index is 558. The fraction of sp³-hybridized carbons (Fsp3) is 0.625. The van der Waals surface area contributed by atoms with E-state index in [9.17, 15) is 8.42 Å². The molecular formula is C16H28N2O3S. The summed E-state index contributed by atoms with van der Waals surface area (Å²) in [5, 5.41) is 0. The summed E-state index contributed by atoms with van der Waals surface area (Å²) in [5.41, 5.74) is 1.17. The molecule has 0 aliphatic heterocycles. The van der Waals surface area contributed by atoms with E-state index in [0.717, 1.165) is 18.7 Å². The highest BCUT2D eigenvalue weighted by Gasteiger charge is 2.16. The van der Waals surface area contributed by atoms with E-state index in [1.54, 1.807) is 21.2 Å². The van der Waals surface area contributed by atoms with Crippen molar-refractivity contribution in [2.75, 3.05) is 40.6 Å². The van der Waals surface area contributed by atoms with Crippen molar-refractivity contribution < 1.29 is 13.2 Å². The molecule has 0 fully saturated rings. The van der Waals surface area contributed by atoms with E-state index in [2.05, 4.69) is 17.9 Å². The van der Waals surface area contributed by atoms with Crippen LogP contribution in [0.2, 0.25) is 0 Å². The normalized spacial score (nSPS) is 13.6. The molecule has 1 rings (SSSR count). The average Bonchev–Trinajstić information content (AvgIpc) is 2.47. The molecular weight excluding hydrogens is 300 g/mol. The van der Waals surface area contributed by atoms with Crippen LogP contribution in [-0.2, 0) is 16.4 Å². The lowest BCUT2D eigenvalue weighted by Gasteiger charge is -2.25. The monoisotopic (exact) mass is 328 g/mol. The van der Waals surface area contributed by atoms with Gasteiger partial charge in [0.1, 0.15) is 5.75 Å². The zero-order valence-corrected chi connectivity index (χ0v) is 15.1. The minimum absolute atomic E-state index is 0.186. The fourth-order valence-corrected chi connectivity index (χ4v) is 3.10. The van der Waals surface area contributed by atoms with Crippen LogP contribution in [0.1, 0.15) is 18.9 Å². The quantitative estimate of drug-likeness (QED) is 0.694. The predicted octanol–water partition coefficient (Wildman–Crippen LogP) is 1.84. The molecule has 1 unspecified atom stereocenters. The number of methoxy groups -OCH3 is 1. The SMILES string of the molecule is COc1ccccc1CC(C)N(C)CCCS(=O)(=O)N(C)C. The zero-order valence-electron chi connectivity index (χ0n) is 14.2. The van der Waals surface area contributed by atoms with Crippen LogP contribution in [-0.4, -0.2) is 64.2 Å². The molecule has 0 aliphatic carbocycles. The third-order valence-corrected chi connectivity index (χ3v) is 5.85. The molecule has 0 saturated carbocycles. The lowest BCUT2D eigenvalue weighted by Crippen LogP contribution is -2.34. The summed E-state index contributed by atoms with van der Waals surface area (Å²) in [4.78, 5) is 2.19.